The second kappa shape index (κ2) is 5.62. The van der Waals surface area contributed by atoms with Crippen molar-refractivity contribution in [2.24, 2.45) is 0 Å². The van der Waals surface area contributed by atoms with Crippen molar-refractivity contribution in [2.45, 2.75) is 6.92 Å². The van der Waals surface area contributed by atoms with Crippen molar-refractivity contribution in [1.82, 2.24) is 0 Å². The van der Waals surface area contributed by atoms with E-state index in [2.05, 4.69) is 0 Å². The van der Waals surface area contributed by atoms with Gasteiger partial charge >= 0.3 is 63.3 Å². The van der Waals surface area contributed by atoms with E-state index in [-0.39, 0.29) is 68.2 Å². The van der Waals surface area contributed by atoms with Gasteiger partial charge in [-0.1, -0.05) is 0 Å². The van der Waals surface area contributed by atoms with Crippen LogP contribution in [-0.4, -0.2) is 73.5 Å². The molecule has 0 atom stereocenters. The number of aromatic carboxylic acids is 2. The summed E-state index contributed by atoms with van der Waals surface area (Å²) in [6, 6.07) is 2.40. The number of anilines is 1. The van der Waals surface area contributed by atoms with Crippen LogP contribution in [0.4, 0.5) is 5.69 Å². The van der Waals surface area contributed by atoms with Gasteiger partial charge in [0.2, 0.25) is 0 Å². The Balaban J connectivity index is 0.00000196. The molecule has 0 spiro atoms. The molecule has 0 aromatic heterocycles. The summed E-state index contributed by atoms with van der Waals surface area (Å²) in [5.41, 5.74) is 5.75. The predicted octanol–water partition coefficient (Wildman–Crippen LogP) is 0.325. The van der Waals surface area contributed by atoms with Crippen LogP contribution in [0.15, 0.2) is 12.1 Å². The summed E-state index contributed by atoms with van der Waals surface area (Å²) in [6.45, 7) is 1.62. The van der Waals surface area contributed by atoms with E-state index in [0.717, 1.165) is 6.07 Å². The molecule has 0 fully saturated rings. The Kier molecular flexibility index (Phi) is 5.47. The zero-order valence-corrected chi connectivity index (χ0v) is 7.44. The summed E-state index contributed by atoms with van der Waals surface area (Å²) in [6.07, 6.45) is 0. The van der Waals surface area contributed by atoms with Crippen molar-refractivity contribution in [3.05, 3.63) is 28.8 Å². The van der Waals surface area contributed by atoms with Gasteiger partial charge in [-0.25, -0.2) is 9.59 Å². The van der Waals surface area contributed by atoms with Crippen LogP contribution in [0.25, 0.3) is 0 Å². The van der Waals surface area contributed by atoms with E-state index in [1.54, 1.807) is 6.92 Å². The first-order valence-electron chi connectivity index (χ1n) is 3.80. The van der Waals surface area contributed by atoms with E-state index >= 15 is 0 Å². The Morgan fingerprint density at radius 2 is 1.53 bits per heavy atom. The van der Waals surface area contributed by atoms with Crippen LogP contribution >= 0.6 is 0 Å². The van der Waals surface area contributed by atoms with E-state index in [0.29, 0.717) is 5.56 Å². The van der Waals surface area contributed by atoms with Gasteiger partial charge in [0.05, 0.1) is 11.1 Å². The fraction of sp³-hybridized carbons (Fsp3) is 0.111. The monoisotopic (exact) mass is 235 g/mol. The van der Waals surface area contributed by atoms with Crippen molar-refractivity contribution < 1.29 is 19.8 Å². The molecule has 1 aromatic rings. The molecule has 0 aliphatic carbocycles. The van der Waals surface area contributed by atoms with E-state index < -0.39 is 11.9 Å². The van der Waals surface area contributed by atoms with Crippen molar-refractivity contribution >= 4 is 69.0 Å². The Hall–Kier alpha value is -0.404. The SMILES string of the molecule is Cc1cc(C(=O)O)c(C(=O)O)cc1N.[KH]. The van der Waals surface area contributed by atoms with Gasteiger partial charge in [0.1, 0.15) is 0 Å². The van der Waals surface area contributed by atoms with Crippen LogP contribution in [0.3, 0.4) is 0 Å². The van der Waals surface area contributed by atoms with Crippen LogP contribution in [0.5, 0.6) is 0 Å². The third kappa shape index (κ3) is 3.28. The van der Waals surface area contributed by atoms with E-state index in [9.17, 15) is 9.59 Å². The van der Waals surface area contributed by atoms with Crippen LogP contribution in [0.1, 0.15) is 26.3 Å². The number of carboxylic acid groups (broad SMARTS) is 2. The second-order valence-electron chi connectivity index (χ2n) is 2.86. The fourth-order valence-corrected chi connectivity index (χ4v) is 1.08. The van der Waals surface area contributed by atoms with E-state index in [4.69, 9.17) is 15.9 Å². The number of carbonyl (C=O) groups is 2. The maximum absolute atomic E-state index is 10.7. The molecule has 0 heterocycles. The normalized spacial score (nSPS) is 9.13. The van der Waals surface area contributed by atoms with Crippen LogP contribution in [0.2, 0.25) is 0 Å². The number of nitrogens with two attached hydrogens (primary N) is 1. The quantitative estimate of drug-likeness (QED) is 0.506. The molecule has 6 heteroatoms. The van der Waals surface area contributed by atoms with Crippen molar-refractivity contribution in [1.29, 1.82) is 0 Å². The van der Waals surface area contributed by atoms with Gasteiger partial charge in [0, 0.05) is 5.69 Å². The first-order valence-corrected chi connectivity index (χ1v) is 3.80. The van der Waals surface area contributed by atoms with Gasteiger partial charge < -0.3 is 15.9 Å². The van der Waals surface area contributed by atoms with Gasteiger partial charge in [-0.2, -0.15) is 0 Å². The standard InChI is InChI=1S/C9H9NO4.K.H/c1-4-2-5(8(11)12)6(9(13)14)3-7(4)10;;/h2-3H,10H2,1H3,(H,11,12)(H,13,14);;. The average Bonchev–Trinajstić information content (AvgIpc) is 2.08. The van der Waals surface area contributed by atoms with Crippen molar-refractivity contribution in [2.75, 3.05) is 5.73 Å². The molecule has 0 bridgehead atoms. The molecule has 0 aliphatic heterocycles. The molecular weight excluding hydrogens is 225 g/mol. The summed E-state index contributed by atoms with van der Waals surface area (Å²) >= 11 is 0. The Morgan fingerprint density at radius 1 is 1.13 bits per heavy atom. The van der Waals surface area contributed by atoms with Crippen LogP contribution in [0, 0.1) is 6.92 Å². The van der Waals surface area contributed by atoms with Gasteiger partial charge in [0.25, 0.3) is 0 Å². The maximum atomic E-state index is 10.7. The minimum atomic E-state index is -1.30. The van der Waals surface area contributed by atoms with Gasteiger partial charge in [-0.05, 0) is 24.6 Å². The van der Waals surface area contributed by atoms with Crippen molar-refractivity contribution in [3.63, 3.8) is 0 Å². The number of hydrogen-bond donors (Lipinski definition) is 3. The molecule has 1 aromatic carbocycles. The molecule has 0 unspecified atom stereocenters. The molecule has 0 amide bonds. The minimum absolute atomic E-state index is 0. The van der Waals surface area contributed by atoms with Crippen molar-refractivity contribution in [3.8, 4) is 0 Å². The summed E-state index contributed by atoms with van der Waals surface area (Å²) in [5, 5.41) is 17.4. The molecule has 0 radical (unpaired) electrons. The molecule has 0 saturated carbocycles. The molecular formula is C9H10KNO4. The summed E-state index contributed by atoms with van der Waals surface area (Å²) < 4.78 is 0. The fourth-order valence-electron chi connectivity index (χ4n) is 1.08. The number of rotatable bonds is 2. The van der Waals surface area contributed by atoms with E-state index in [1.165, 1.54) is 6.07 Å². The topological polar surface area (TPSA) is 101 Å². The molecule has 4 N–H and O–H groups in total. The average molecular weight is 235 g/mol. The first kappa shape index (κ1) is 14.6. The third-order valence-corrected chi connectivity index (χ3v) is 1.87. The zero-order chi connectivity index (χ0) is 10.9. The Bertz CT molecular complexity index is 378. The Labute approximate surface area is 129 Å². The van der Waals surface area contributed by atoms with Gasteiger partial charge in [-0.3, -0.25) is 0 Å². The zero-order valence-electron chi connectivity index (χ0n) is 7.44. The molecule has 76 valence electrons. The molecule has 5 nitrogen and oxygen atoms in total. The van der Waals surface area contributed by atoms with Crippen LogP contribution in [-0.2, 0) is 0 Å². The molecule has 0 aliphatic rings. The number of aryl methyl sites for hydroxylation is 1. The summed E-state index contributed by atoms with van der Waals surface area (Å²) in [7, 11) is 0. The molecule has 0 saturated heterocycles. The summed E-state index contributed by atoms with van der Waals surface area (Å²) in [4.78, 5) is 21.4. The van der Waals surface area contributed by atoms with Gasteiger partial charge in [-0.15, -0.1) is 0 Å². The predicted molar refractivity (Wildman–Crippen MR) is 56.7 cm³/mol. The number of nitrogen functional groups attached to an aromatic ring is 1. The molecule has 1 rings (SSSR count). The third-order valence-electron chi connectivity index (χ3n) is 1.87. The Morgan fingerprint density at radius 3 is 1.93 bits per heavy atom. The van der Waals surface area contributed by atoms with Crippen LogP contribution < -0.4 is 5.73 Å². The number of carboxylic acids is 2. The second-order valence-corrected chi connectivity index (χ2v) is 2.86. The van der Waals surface area contributed by atoms with Gasteiger partial charge in [0.15, 0.2) is 0 Å². The van der Waals surface area contributed by atoms with E-state index in [1.807, 2.05) is 0 Å². The molecule has 15 heavy (non-hydrogen) atoms. The number of hydrogen-bond acceptors (Lipinski definition) is 3. The summed E-state index contributed by atoms with van der Waals surface area (Å²) in [5.74, 6) is -2.57. The first-order chi connectivity index (χ1) is 6.43. The number of benzene rings is 1.